The van der Waals surface area contributed by atoms with E-state index >= 15 is 0 Å². The first-order valence-corrected chi connectivity index (χ1v) is 7.91. The van der Waals surface area contributed by atoms with Crippen LogP contribution in [0.25, 0.3) is 0 Å². The smallest absolute Gasteiger partial charge is 0.0687 e. The van der Waals surface area contributed by atoms with Crippen LogP contribution in [0.2, 0.25) is 0 Å². The molecule has 1 aliphatic heterocycles. The van der Waals surface area contributed by atoms with E-state index in [1.165, 1.54) is 43.4 Å². The molecule has 0 bridgehead atoms. The van der Waals surface area contributed by atoms with Gasteiger partial charge in [-0.05, 0) is 43.9 Å². The van der Waals surface area contributed by atoms with Crippen LogP contribution in [0.1, 0.15) is 38.5 Å². The lowest BCUT2D eigenvalue weighted by Gasteiger charge is -2.23. The highest BCUT2D eigenvalue weighted by atomic mass is 32.2. The van der Waals surface area contributed by atoms with Gasteiger partial charge in [0.05, 0.1) is 11.7 Å². The molecule has 1 unspecified atom stereocenters. The maximum absolute atomic E-state index is 6.31. The van der Waals surface area contributed by atoms with E-state index in [1.807, 2.05) is 30.0 Å². The van der Waals surface area contributed by atoms with Crippen LogP contribution in [0.4, 0.5) is 5.69 Å². The molecule has 2 nitrogen and oxygen atoms in total. The Morgan fingerprint density at radius 2 is 2.11 bits per heavy atom. The maximum atomic E-state index is 6.31. The summed E-state index contributed by atoms with van der Waals surface area (Å²) in [5.41, 5.74) is 6.90. The Hall–Kier alpha value is -0.670. The molecule has 3 heteroatoms. The van der Waals surface area contributed by atoms with Crippen LogP contribution in [0.5, 0.6) is 0 Å². The Labute approximate surface area is 113 Å². The van der Waals surface area contributed by atoms with E-state index in [1.54, 1.807) is 0 Å². The number of hydrogen-bond acceptors (Lipinski definition) is 3. The van der Waals surface area contributed by atoms with Crippen LogP contribution in [0.15, 0.2) is 29.2 Å². The van der Waals surface area contributed by atoms with Crippen molar-refractivity contribution in [3.63, 3.8) is 0 Å². The van der Waals surface area contributed by atoms with Gasteiger partial charge in [0.15, 0.2) is 0 Å². The third-order valence-electron chi connectivity index (χ3n) is 4.15. The summed E-state index contributed by atoms with van der Waals surface area (Å²) in [4.78, 5) is 1.26. The molecule has 2 fully saturated rings. The van der Waals surface area contributed by atoms with Gasteiger partial charge in [-0.25, -0.2) is 0 Å². The largest absolute Gasteiger partial charge is 0.399 e. The van der Waals surface area contributed by atoms with Gasteiger partial charge in [0.25, 0.3) is 0 Å². The van der Waals surface area contributed by atoms with Crippen LogP contribution in [0.3, 0.4) is 0 Å². The minimum atomic E-state index is 0.265. The summed E-state index contributed by atoms with van der Waals surface area (Å²) < 4.78 is 6.31. The molecule has 2 aliphatic rings. The predicted molar refractivity (Wildman–Crippen MR) is 76.9 cm³/mol. The molecule has 1 heterocycles. The van der Waals surface area contributed by atoms with Crippen molar-refractivity contribution in [2.45, 2.75) is 55.1 Å². The summed E-state index contributed by atoms with van der Waals surface area (Å²) in [6.07, 6.45) is 8.22. The highest BCUT2D eigenvalue weighted by Crippen LogP contribution is 2.44. The number of anilines is 1. The first-order valence-electron chi connectivity index (χ1n) is 6.92. The second kappa shape index (κ2) is 5.14. The first kappa shape index (κ1) is 12.4. The Balaban J connectivity index is 1.52. The molecule has 3 rings (SSSR count). The van der Waals surface area contributed by atoms with Crippen molar-refractivity contribution in [3.8, 4) is 0 Å². The predicted octanol–water partition coefficient (Wildman–Crippen LogP) is 3.85. The standard InChI is InChI=1S/C15H21NOS/c16-12-4-3-5-14(10-12)18-11-13-6-9-15(17-13)7-1-2-8-15/h3-5,10,13H,1-2,6-9,11,16H2. The van der Waals surface area contributed by atoms with Crippen molar-refractivity contribution in [1.82, 2.24) is 0 Å². The number of nitrogen functional groups attached to an aromatic ring is 1. The Morgan fingerprint density at radius 3 is 2.89 bits per heavy atom. The molecule has 0 aromatic heterocycles. The molecule has 98 valence electrons. The van der Waals surface area contributed by atoms with Crippen LogP contribution in [0, 0.1) is 0 Å². The fourth-order valence-electron chi connectivity index (χ4n) is 3.19. The third kappa shape index (κ3) is 2.67. The highest BCUT2D eigenvalue weighted by molar-refractivity contribution is 7.99. The summed E-state index contributed by atoms with van der Waals surface area (Å²) in [5, 5.41) is 0. The zero-order valence-corrected chi connectivity index (χ0v) is 11.5. The lowest BCUT2D eigenvalue weighted by atomic mass is 9.98. The van der Waals surface area contributed by atoms with Gasteiger partial charge in [-0.1, -0.05) is 18.9 Å². The van der Waals surface area contributed by atoms with Crippen molar-refractivity contribution >= 4 is 17.4 Å². The van der Waals surface area contributed by atoms with Crippen LogP contribution in [-0.4, -0.2) is 17.5 Å². The van der Waals surface area contributed by atoms with E-state index in [9.17, 15) is 0 Å². The molecule has 1 saturated carbocycles. The summed E-state index contributed by atoms with van der Waals surface area (Å²) in [5.74, 6) is 1.06. The lowest BCUT2D eigenvalue weighted by Crippen LogP contribution is -2.25. The van der Waals surface area contributed by atoms with Crippen LogP contribution < -0.4 is 5.73 Å². The van der Waals surface area contributed by atoms with Gasteiger partial charge in [-0.3, -0.25) is 0 Å². The Morgan fingerprint density at radius 1 is 1.28 bits per heavy atom. The fraction of sp³-hybridized carbons (Fsp3) is 0.600. The number of benzene rings is 1. The van der Waals surface area contributed by atoms with Crippen molar-refractivity contribution < 1.29 is 4.74 Å². The molecule has 0 radical (unpaired) electrons. The van der Waals surface area contributed by atoms with Crippen LogP contribution >= 0.6 is 11.8 Å². The summed E-state index contributed by atoms with van der Waals surface area (Å²) in [7, 11) is 0. The molecule has 1 aliphatic carbocycles. The molecule has 18 heavy (non-hydrogen) atoms. The van der Waals surface area contributed by atoms with E-state index < -0.39 is 0 Å². The monoisotopic (exact) mass is 263 g/mol. The molecular formula is C15H21NOS. The molecule has 1 aromatic rings. The summed E-state index contributed by atoms with van der Waals surface area (Å²) in [6.45, 7) is 0. The van der Waals surface area contributed by atoms with E-state index in [0.717, 1.165) is 11.4 Å². The van der Waals surface area contributed by atoms with Crippen molar-refractivity contribution in [2.75, 3.05) is 11.5 Å². The number of ether oxygens (including phenoxy) is 1. The average molecular weight is 263 g/mol. The van der Waals surface area contributed by atoms with E-state index in [4.69, 9.17) is 10.5 Å². The SMILES string of the molecule is Nc1cccc(SCC2CCC3(CCCC3)O2)c1. The normalized spacial score (nSPS) is 25.9. The molecule has 2 N–H and O–H groups in total. The van der Waals surface area contributed by atoms with E-state index in [2.05, 4.69) is 6.07 Å². The number of nitrogens with two attached hydrogens (primary N) is 1. The molecule has 0 amide bonds. The van der Waals surface area contributed by atoms with Crippen molar-refractivity contribution in [1.29, 1.82) is 0 Å². The number of thioether (sulfide) groups is 1. The van der Waals surface area contributed by atoms with Gasteiger partial charge in [-0.2, -0.15) is 0 Å². The van der Waals surface area contributed by atoms with Gasteiger partial charge in [0.2, 0.25) is 0 Å². The first-order chi connectivity index (χ1) is 8.76. The maximum Gasteiger partial charge on any atom is 0.0687 e. The van der Waals surface area contributed by atoms with Gasteiger partial charge in [0.1, 0.15) is 0 Å². The lowest BCUT2D eigenvalue weighted by molar-refractivity contribution is -0.0267. The Bertz CT molecular complexity index is 415. The van der Waals surface area contributed by atoms with Crippen molar-refractivity contribution in [2.24, 2.45) is 0 Å². The van der Waals surface area contributed by atoms with Gasteiger partial charge < -0.3 is 10.5 Å². The second-order valence-corrected chi connectivity index (χ2v) is 6.65. The third-order valence-corrected chi connectivity index (χ3v) is 5.27. The molecule has 1 atom stereocenters. The molecule has 1 aromatic carbocycles. The van der Waals surface area contributed by atoms with Gasteiger partial charge >= 0.3 is 0 Å². The topological polar surface area (TPSA) is 35.2 Å². The highest BCUT2D eigenvalue weighted by Gasteiger charge is 2.41. The fourth-order valence-corrected chi connectivity index (χ4v) is 4.20. The second-order valence-electron chi connectivity index (χ2n) is 5.55. The molecular weight excluding hydrogens is 242 g/mol. The zero-order chi connectivity index (χ0) is 12.4. The molecule has 1 spiro atoms. The quantitative estimate of drug-likeness (QED) is 0.664. The molecule has 1 saturated heterocycles. The Kier molecular flexibility index (Phi) is 3.53. The van der Waals surface area contributed by atoms with Crippen LogP contribution in [-0.2, 0) is 4.74 Å². The average Bonchev–Trinajstić information content (AvgIpc) is 2.98. The number of rotatable bonds is 3. The van der Waals surface area contributed by atoms with E-state index in [-0.39, 0.29) is 5.60 Å². The van der Waals surface area contributed by atoms with Crippen molar-refractivity contribution in [3.05, 3.63) is 24.3 Å². The minimum Gasteiger partial charge on any atom is -0.399 e. The van der Waals surface area contributed by atoms with E-state index in [0.29, 0.717) is 6.10 Å². The number of hydrogen-bond donors (Lipinski definition) is 1. The summed E-state index contributed by atoms with van der Waals surface area (Å²) in [6, 6.07) is 8.13. The minimum absolute atomic E-state index is 0.265. The van der Waals surface area contributed by atoms with Gasteiger partial charge in [-0.15, -0.1) is 11.8 Å². The van der Waals surface area contributed by atoms with Gasteiger partial charge in [0, 0.05) is 16.3 Å². The zero-order valence-electron chi connectivity index (χ0n) is 10.7. The summed E-state index contributed by atoms with van der Waals surface area (Å²) >= 11 is 1.87.